The van der Waals surface area contributed by atoms with Gasteiger partial charge in [0.15, 0.2) is 5.13 Å². The highest BCUT2D eigenvalue weighted by Crippen LogP contribution is 2.29. The molecule has 1 N–H and O–H groups in total. The molecule has 0 spiro atoms. The van der Waals surface area contributed by atoms with E-state index in [9.17, 15) is 13.2 Å². The highest BCUT2D eigenvalue weighted by molar-refractivity contribution is 7.86. The van der Waals surface area contributed by atoms with Crippen LogP contribution in [0.2, 0.25) is 0 Å². The number of hydrogen-bond acceptors (Lipinski definition) is 5. The number of thiazole rings is 1. The number of nitrogens with zero attached hydrogens (tertiary/aromatic N) is 3. The van der Waals surface area contributed by atoms with E-state index in [1.54, 1.807) is 15.9 Å². The van der Waals surface area contributed by atoms with Gasteiger partial charge in [0.1, 0.15) is 6.04 Å². The van der Waals surface area contributed by atoms with Gasteiger partial charge in [0.2, 0.25) is 5.91 Å². The summed E-state index contributed by atoms with van der Waals surface area (Å²) in [6, 6.07) is -0.647. The van der Waals surface area contributed by atoms with Gasteiger partial charge in [0, 0.05) is 31.2 Å². The molecular formula is C15H24N4O3S2. The Hall–Kier alpha value is -1.03. The molecule has 1 aromatic rings. The van der Waals surface area contributed by atoms with Crippen LogP contribution in [0.5, 0.6) is 0 Å². The SMILES string of the molecule is CC1CC(C)CN(S(=O)(=O)N2CCCC2C(=O)Nc2nccs2)C1. The molecule has 2 aliphatic rings. The Bertz CT molecular complexity index is 667. The molecule has 9 heteroatoms. The van der Waals surface area contributed by atoms with E-state index in [1.807, 2.05) is 0 Å². The molecule has 0 aliphatic carbocycles. The topological polar surface area (TPSA) is 82.6 Å². The van der Waals surface area contributed by atoms with Gasteiger partial charge >= 0.3 is 0 Å². The first-order valence-corrected chi connectivity index (χ1v) is 10.6. The lowest BCUT2D eigenvalue weighted by atomic mass is 9.94. The molecule has 3 unspecified atom stereocenters. The molecule has 3 atom stereocenters. The first kappa shape index (κ1) is 17.8. The summed E-state index contributed by atoms with van der Waals surface area (Å²) in [4.78, 5) is 16.5. The highest BCUT2D eigenvalue weighted by atomic mass is 32.2. The lowest BCUT2D eigenvalue weighted by Gasteiger charge is -2.37. The number of hydrogen-bond donors (Lipinski definition) is 1. The average Bonchev–Trinajstić information content (AvgIpc) is 3.17. The molecule has 2 saturated heterocycles. The van der Waals surface area contributed by atoms with Crippen molar-refractivity contribution in [3.05, 3.63) is 11.6 Å². The van der Waals surface area contributed by atoms with Crippen LogP contribution in [0.3, 0.4) is 0 Å². The summed E-state index contributed by atoms with van der Waals surface area (Å²) in [5.74, 6) is 0.395. The zero-order chi connectivity index (χ0) is 17.3. The monoisotopic (exact) mass is 372 g/mol. The second-order valence-corrected chi connectivity index (χ2v) is 9.64. The van der Waals surface area contributed by atoms with E-state index in [1.165, 1.54) is 15.6 Å². The van der Waals surface area contributed by atoms with E-state index in [4.69, 9.17) is 0 Å². The number of carbonyl (C=O) groups excluding carboxylic acids is 1. The van der Waals surface area contributed by atoms with Crippen LogP contribution in [-0.4, -0.2) is 53.6 Å². The van der Waals surface area contributed by atoms with Gasteiger partial charge in [0.25, 0.3) is 10.2 Å². The third-order valence-corrected chi connectivity index (χ3v) is 7.30. The van der Waals surface area contributed by atoms with Crippen LogP contribution in [0, 0.1) is 11.8 Å². The van der Waals surface area contributed by atoms with Crippen molar-refractivity contribution in [2.24, 2.45) is 11.8 Å². The van der Waals surface area contributed by atoms with E-state index in [2.05, 4.69) is 24.1 Å². The van der Waals surface area contributed by atoms with Crippen molar-refractivity contribution in [1.82, 2.24) is 13.6 Å². The van der Waals surface area contributed by atoms with Gasteiger partial charge in [-0.05, 0) is 31.1 Å². The van der Waals surface area contributed by atoms with Crippen LogP contribution in [0.4, 0.5) is 5.13 Å². The summed E-state index contributed by atoms with van der Waals surface area (Å²) >= 11 is 1.33. The first-order valence-electron chi connectivity index (χ1n) is 8.35. The molecule has 1 amide bonds. The van der Waals surface area contributed by atoms with E-state index in [0.29, 0.717) is 49.4 Å². The quantitative estimate of drug-likeness (QED) is 0.873. The third-order valence-electron chi connectivity index (χ3n) is 4.63. The molecule has 134 valence electrons. The molecule has 0 bridgehead atoms. The number of carbonyl (C=O) groups is 1. The van der Waals surface area contributed by atoms with Gasteiger partial charge in [-0.25, -0.2) is 4.98 Å². The zero-order valence-corrected chi connectivity index (χ0v) is 15.6. The number of rotatable bonds is 4. The van der Waals surface area contributed by atoms with Crippen LogP contribution in [-0.2, 0) is 15.0 Å². The van der Waals surface area contributed by atoms with E-state index < -0.39 is 16.3 Å². The lowest BCUT2D eigenvalue weighted by Crippen LogP contribution is -2.53. The van der Waals surface area contributed by atoms with Crippen LogP contribution in [0.25, 0.3) is 0 Å². The predicted molar refractivity (Wildman–Crippen MR) is 93.9 cm³/mol. The highest BCUT2D eigenvalue weighted by Gasteiger charge is 2.43. The van der Waals surface area contributed by atoms with Crippen LogP contribution >= 0.6 is 11.3 Å². The second-order valence-electron chi connectivity index (χ2n) is 6.87. The summed E-state index contributed by atoms with van der Waals surface area (Å²) in [6.45, 7) is 5.62. The molecule has 0 aromatic carbocycles. The maximum atomic E-state index is 13.1. The van der Waals surface area contributed by atoms with Crippen molar-refractivity contribution in [3.8, 4) is 0 Å². The van der Waals surface area contributed by atoms with E-state index in [-0.39, 0.29) is 5.91 Å². The Labute approximate surface area is 147 Å². The minimum Gasteiger partial charge on any atom is -0.301 e. The average molecular weight is 373 g/mol. The summed E-state index contributed by atoms with van der Waals surface area (Å²) in [7, 11) is -3.61. The van der Waals surface area contributed by atoms with Gasteiger partial charge < -0.3 is 5.32 Å². The molecule has 0 radical (unpaired) electrons. The summed E-state index contributed by atoms with van der Waals surface area (Å²) < 4.78 is 29.0. The normalized spacial score (nSPS) is 29.7. The molecule has 0 saturated carbocycles. The molecule has 2 fully saturated rings. The zero-order valence-electron chi connectivity index (χ0n) is 14.0. The van der Waals surface area contributed by atoms with Crippen molar-refractivity contribution in [1.29, 1.82) is 0 Å². The van der Waals surface area contributed by atoms with Gasteiger partial charge in [0.05, 0.1) is 0 Å². The number of anilines is 1. The summed E-state index contributed by atoms with van der Waals surface area (Å²) in [6.07, 6.45) is 3.91. The van der Waals surface area contributed by atoms with Crippen LogP contribution in [0.1, 0.15) is 33.1 Å². The molecule has 3 heterocycles. The predicted octanol–water partition coefficient (Wildman–Crippen LogP) is 1.77. The minimum absolute atomic E-state index is 0.288. The smallest absolute Gasteiger partial charge is 0.282 e. The van der Waals surface area contributed by atoms with Crippen molar-refractivity contribution in [2.75, 3.05) is 25.0 Å². The maximum absolute atomic E-state index is 13.1. The largest absolute Gasteiger partial charge is 0.301 e. The molecular weight excluding hydrogens is 348 g/mol. The Morgan fingerprint density at radius 1 is 1.33 bits per heavy atom. The van der Waals surface area contributed by atoms with Crippen molar-refractivity contribution < 1.29 is 13.2 Å². The molecule has 24 heavy (non-hydrogen) atoms. The first-order chi connectivity index (χ1) is 11.4. The number of amides is 1. The Balaban J connectivity index is 1.75. The third kappa shape index (κ3) is 3.63. The fourth-order valence-electron chi connectivity index (χ4n) is 3.69. The van der Waals surface area contributed by atoms with Crippen LogP contribution < -0.4 is 5.32 Å². The lowest BCUT2D eigenvalue weighted by molar-refractivity contribution is -0.119. The fourth-order valence-corrected chi connectivity index (χ4v) is 6.29. The number of piperidine rings is 1. The molecule has 3 rings (SSSR count). The van der Waals surface area contributed by atoms with Crippen molar-refractivity contribution in [3.63, 3.8) is 0 Å². The van der Waals surface area contributed by atoms with Gasteiger partial charge in [-0.2, -0.15) is 17.0 Å². The van der Waals surface area contributed by atoms with Crippen LogP contribution in [0.15, 0.2) is 11.6 Å². The van der Waals surface area contributed by atoms with Crippen molar-refractivity contribution >= 4 is 32.6 Å². The van der Waals surface area contributed by atoms with E-state index in [0.717, 1.165) is 6.42 Å². The maximum Gasteiger partial charge on any atom is 0.282 e. The minimum atomic E-state index is -3.61. The fraction of sp³-hybridized carbons (Fsp3) is 0.733. The van der Waals surface area contributed by atoms with Gasteiger partial charge in [-0.15, -0.1) is 11.3 Å². The number of nitrogens with one attached hydrogen (secondary N) is 1. The van der Waals surface area contributed by atoms with Gasteiger partial charge in [-0.3, -0.25) is 4.79 Å². The molecule has 2 aliphatic heterocycles. The summed E-state index contributed by atoms with van der Waals surface area (Å²) in [5, 5.41) is 5.01. The Kier molecular flexibility index (Phi) is 5.24. The van der Waals surface area contributed by atoms with E-state index >= 15 is 0 Å². The van der Waals surface area contributed by atoms with Gasteiger partial charge in [-0.1, -0.05) is 13.8 Å². The summed E-state index contributed by atoms with van der Waals surface area (Å²) in [5.41, 5.74) is 0. The molecule has 7 nitrogen and oxygen atoms in total. The second kappa shape index (κ2) is 7.07. The number of aromatic nitrogens is 1. The standard InChI is InChI=1S/C15H24N4O3S2/c1-11-8-12(2)10-18(9-11)24(21,22)19-6-3-4-13(19)14(20)17-15-16-5-7-23-15/h5,7,11-13H,3-4,6,8-10H2,1-2H3,(H,16,17,20). The Morgan fingerprint density at radius 2 is 2.04 bits per heavy atom. The van der Waals surface area contributed by atoms with Crippen molar-refractivity contribution in [2.45, 2.75) is 39.2 Å². The molecule has 1 aromatic heterocycles. The Morgan fingerprint density at radius 3 is 2.67 bits per heavy atom.